The van der Waals surface area contributed by atoms with E-state index in [-0.39, 0.29) is 11.7 Å². The summed E-state index contributed by atoms with van der Waals surface area (Å²) in [5, 5.41) is 3.45. The van der Waals surface area contributed by atoms with Crippen molar-refractivity contribution in [2.45, 2.75) is 13.0 Å². The second-order valence-corrected chi connectivity index (χ2v) is 7.91. The summed E-state index contributed by atoms with van der Waals surface area (Å²) in [6, 6.07) is 14.5. The lowest BCUT2D eigenvalue weighted by molar-refractivity contribution is 0.489. The second kappa shape index (κ2) is 8.05. The maximum Gasteiger partial charge on any atom is 0.357 e. The molecule has 9 heteroatoms. The van der Waals surface area contributed by atoms with Gasteiger partial charge >= 0.3 is 10.3 Å². The van der Waals surface area contributed by atoms with Crippen molar-refractivity contribution in [3.63, 3.8) is 0 Å². The Balaban J connectivity index is 1.77. The number of nitrogens with zero attached hydrogens (tertiary/aromatic N) is 3. The van der Waals surface area contributed by atoms with E-state index in [1.165, 1.54) is 0 Å². The molecule has 152 valence electrons. The van der Waals surface area contributed by atoms with E-state index in [4.69, 9.17) is 4.55 Å². The third-order valence-electron chi connectivity index (χ3n) is 4.56. The SMILES string of the molecule is CC(Nc1cc(-c2cccc(NS(=O)(=O)O)c2)c2nccnc2c1)c1cccnc1. The first-order valence-corrected chi connectivity index (χ1v) is 10.6. The van der Waals surface area contributed by atoms with Crippen molar-refractivity contribution in [3.8, 4) is 11.1 Å². The van der Waals surface area contributed by atoms with Crippen molar-refractivity contribution in [2.75, 3.05) is 10.0 Å². The third-order valence-corrected chi connectivity index (χ3v) is 5.06. The van der Waals surface area contributed by atoms with Gasteiger partial charge < -0.3 is 5.32 Å². The molecule has 0 spiro atoms. The monoisotopic (exact) mass is 421 g/mol. The van der Waals surface area contributed by atoms with Crippen LogP contribution in [0.15, 0.2) is 73.3 Å². The van der Waals surface area contributed by atoms with Crippen molar-refractivity contribution in [3.05, 3.63) is 78.9 Å². The first kappa shape index (κ1) is 19.7. The predicted octanol–water partition coefficient (Wildman–Crippen LogP) is 4.08. The van der Waals surface area contributed by atoms with Gasteiger partial charge in [0.15, 0.2) is 0 Å². The van der Waals surface area contributed by atoms with Gasteiger partial charge in [-0.25, -0.2) is 0 Å². The first-order valence-electron chi connectivity index (χ1n) is 9.16. The maximum atomic E-state index is 11.2. The number of hydrogen-bond acceptors (Lipinski definition) is 6. The molecule has 30 heavy (non-hydrogen) atoms. The number of aromatic nitrogens is 3. The molecular formula is C21H19N5O3S. The van der Waals surface area contributed by atoms with Gasteiger partial charge in [-0.05, 0) is 48.4 Å². The lowest BCUT2D eigenvalue weighted by atomic mass is 10.0. The predicted molar refractivity (Wildman–Crippen MR) is 116 cm³/mol. The van der Waals surface area contributed by atoms with Crippen LogP contribution in [0.1, 0.15) is 18.5 Å². The molecule has 4 rings (SSSR count). The van der Waals surface area contributed by atoms with Gasteiger partial charge in [0, 0.05) is 36.0 Å². The van der Waals surface area contributed by atoms with Gasteiger partial charge in [-0.15, -0.1) is 0 Å². The minimum absolute atomic E-state index is 0.00760. The van der Waals surface area contributed by atoms with Gasteiger partial charge in [-0.3, -0.25) is 24.2 Å². The number of hydrogen-bond donors (Lipinski definition) is 3. The van der Waals surface area contributed by atoms with Gasteiger partial charge in [-0.1, -0.05) is 18.2 Å². The minimum atomic E-state index is -4.37. The van der Waals surface area contributed by atoms with Crippen LogP contribution in [0.25, 0.3) is 22.2 Å². The Kier molecular flexibility index (Phi) is 5.30. The van der Waals surface area contributed by atoms with Gasteiger partial charge in [0.1, 0.15) is 0 Å². The number of anilines is 2. The smallest absolute Gasteiger partial charge is 0.357 e. The van der Waals surface area contributed by atoms with Crippen molar-refractivity contribution < 1.29 is 13.0 Å². The van der Waals surface area contributed by atoms with E-state index in [2.05, 4.69) is 25.0 Å². The van der Waals surface area contributed by atoms with E-state index >= 15 is 0 Å². The van der Waals surface area contributed by atoms with Gasteiger partial charge in [0.25, 0.3) is 0 Å². The molecule has 4 aromatic rings. The summed E-state index contributed by atoms with van der Waals surface area (Å²) in [6.07, 6.45) is 6.77. The second-order valence-electron chi connectivity index (χ2n) is 6.76. The molecule has 2 aromatic carbocycles. The molecule has 0 bridgehead atoms. The zero-order chi connectivity index (χ0) is 21.1. The highest BCUT2D eigenvalue weighted by atomic mass is 32.2. The third kappa shape index (κ3) is 4.53. The Morgan fingerprint density at radius 3 is 2.57 bits per heavy atom. The average molecular weight is 421 g/mol. The Morgan fingerprint density at radius 2 is 1.80 bits per heavy atom. The summed E-state index contributed by atoms with van der Waals surface area (Å²) in [5.74, 6) is 0. The number of nitrogens with one attached hydrogen (secondary N) is 2. The van der Waals surface area contributed by atoms with Crippen LogP contribution in [0.4, 0.5) is 11.4 Å². The summed E-state index contributed by atoms with van der Waals surface area (Å²) in [7, 11) is -4.37. The van der Waals surface area contributed by atoms with E-state index in [0.717, 1.165) is 22.4 Å². The number of fused-ring (bicyclic) bond motifs is 1. The number of rotatable bonds is 6. The highest BCUT2D eigenvalue weighted by molar-refractivity contribution is 7.87. The molecule has 0 saturated heterocycles. The Hall–Kier alpha value is -3.56. The fraction of sp³-hybridized carbons (Fsp3) is 0.0952. The quantitative estimate of drug-likeness (QED) is 0.402. The molecule has 2 aromatic heterocycles. The molecule has 0 aliphatic carbocycles. The molecule has 0 aliphatic rings. The lowest BCUT2D eigenvalue weighted by Crippen LogP contribution is -2.10. The number of pyridine rings is 1. The molecule has 0 aliphatic heterocycles. The van der Waals surface area contributed by atoms with Crippen molar-refractivity contribution in [1.29, 1.82) is 0 Å². The standard InChI is InChI=1S/C21H19N5O3S/c1-14(16-5-3-7-22-13-16)25-18-11-19(21-20(12-18)23-8-9-24-21)15-4-2-6-17(10-15)26-30(27,28)29/h2-14,25-26H,1H3,(H,27,28,29). The minimum Gasteiger partial charge on any atom is -0.378 e. The van der Waals surface area contributed by atoms with Gasteiger partial charge in [-0.2, -0.15) is 8.42 Å². The summed E-state index contributed by atoms with van der Waals surface area (Å²) >= 11 is 0. The van der Waals surface area contributed by atoms with Crippen LogP contribution in [-0.4, -0.2) is 27.9 Å². The Labute approximate surface area is 173 Å². The van der Waals surface area contributed by atoms with Crippen molar-refractivity contribution in [1.82, 2.24) is 15.0 Å². The molecule has 0 saturated carbocycles. The highest BCUT2D eigenvalue weighted by Crippen LogP contribution is 2.32. The zero-order valence-corrected chi connectivity index (χ0v) is 16.8. The summed E-state index contributed by atoms with van der Waals surface area (Å²) in [6.45, 7) is 2.04. The zero-order valence-electron chi connectivity index (χ0n) is 16.0. The molecule has 3 N–H and O–H groups in total. The van der Waals surface area contributed by atoms with Crippen LogP contribution in [0, 0.1) is 0 Å². The molecule has 0 amide bonds. The van der Waals surface area contributed by atoms with Crippen LogP contribution in [0.2, 0.25) is 0 Å². The van der Waals surface area contributed by atoms with E-state index in [1.54, 1.807) is 36.8 Å². The molecule has 1 unspecified atom stereocenters. The van der Waals surface area contributed by atoms with Gasteiger partial charge in [0.05, 0.1) is 22.8 Å². The maximum absolute atomic E-state index is 11.2. The first-order chi connectivity index (χ1) is 14.4. The van der Waals surface area contributed by atoms with E-state index in [9.17, 15) is 8.42 Å². The van der Waals surface area contributed by atoms with Crippen molar-refractivity contribution in [2.24, 2.45) is 0 Å². The summed E-state index contributed by atoms with van der Waals surface area (Å²) in [4.78, 5) is 13.0. The van der Waals surface area contributed by atoms with Crippen LogP contribution in [-0.2, 0) is 10.3 Å². The Bertz CT molecular complexity index is 1300. The highest BCUT2D eigenvalue weighted by Gasteiger charge is 2.13. The fourth-order valence-electron chi connectivity index (χ4n) is 3.24. The number of benzene rings is 2. The normalized spacial score (nSPS) is 12.5. The molecule has 2 heterocycles. The summed E-state index contributed by atoms with van der Waals surface area (Å²) < 4.78 is 33.5. The topological polar surface area (TPSA) is 117 Å². The van der Waals surface area contributed by atoms with Crippen LogP contribution >= 0.6 is 0 Å². The molecular weight excluding hydrogens is 402 g/mol. The van der Waals surface area contributed by atoms with Crippen molar-refractivity contribution >= 4 is 32.7 Å². The van der Waals surface area contributed by atoms with E-state index in [0.29, 0.717) is 11.0 Å². The van der Waals surface area contributed by atoms with Crippen LogP contribution in [0.3, 0.4) is 0 Å². The van der Waals surface area contributed by atoms with E-state index in [1.807, 2.05) is 43.5 Å². The van der Waals surface area contributed by atoms with Crippen LogP contribution in [0.5, 0.6) is 0 Å². The fourth-order valence-corrected chi connectivity index (χ4v) is 3.67. The van der Waals surface area contributed by atoms with Crippen LogP contribution < -0.4 is 10.0 Å². The van der Waals surface area contributed by atoms with E-state index < -0.39 is 10.3 Å². The largest absolute Gasteiger partial charge is 0.378 e. The molecule has 8 nitrogen and oxygen atoms in total. The summed E-state index contributed by atoms with van der Waals surface area (Å²) in [5.41, 5.74) is 5.01. The van der Waals surface area contributed by atoms with Gasteiger partial charge in [0.2, 0.25) is 0 Å². The lowest BCUT2D eigenvalue weighted by Gasteiger charge is -2.17. The molecule has 0 fully saturated rings. The molecule has 1 atom stereocenters. The molecule has 0 radical (unpaired) electrons. The Morgan fingerprint density at radius 1 is 0.967 bits per heavy atom. The average Bonchev–Trinajstić information content (AvgIpc) is 2.73.